The summed E-state index contributed by atoms with van der Waals surface area (Å²) in [7, 11) is 1.51. The SMILES string of the molecule is COc1ccccc1Nc1cc(C(=O)Nc2ccc(F)c(F)c2F)nc(C)n1. The van der Waals surface area contributed by atoms with Crippen LogP contribution in [0.3, 0.4) is 0 Å². The number of nitrogens with one attached hydrogen (secondary N) is 2. The first-order valence-electron chi connectivity index (χ1n) is 8.09. The predicted octanol–water partition coefficient (Wildman–Crippen LogP) is 4.21. The Morgan fingerprint density at radius 1 is 1.00 bits per heavy atom. The average Bonchev–Trinajstić information content (AvgIpc) is 2.68. The number of aryl methyl sites for hydroxylation is 1. The average molecular weight is 388 g/mol. The highest BCUT2D eigenvalue weighted by Gasteiger charge is 2.18. The number of halogens is 3. The third-order valence-electron chi connectivity index (χ3n) is 3.72. The molecule has 6 nitrogen and oxygen atoms in total. The van der Waals surface area contributed by atoms with Gasteiger partial charge in [-0.1, -0.05) is 12.1 Å². The quantitative estimate of drug-likeness (QED) is 0.641. The summed E-state index contributed by atoms with van der Waals surface area (Å²) in [5.74, 6) is -4.19. The monoisotopic (exact) mass is 388 g/mol. The van der Waals surface area contributed by atoms with Crippen LogP contribution in [0.4, 0.5) is 30.4 Å². The third kappa shape index (κ3) is 4.03. The van der Waals surface area contributed by atoms with Crippen molar-refractivity contribution in [3.8, 4) is 5.75 Å². The van der Waals surface area contributed by atoms with Gasteiger partial charge in [0.05, 0.1) is 18.5 Å². The van der Waals surface area contributed by atoms with Crippen LogP contribution in [0.25, 0.3) is 0 Å². The number of amides is 1. The van der Waals surface area contributed by atoms with Gasteiger partial charge in [-0.2, -0.15) is 0 Å². The molecule has 1 heterocycles. The first-order chi connectivity index (χ1) is 13.4. The van der Waals surface area contributed by atoms with E-state index in [1.165, 1.54) is 13.2 Å². The number of hydrogen-bond donors (Lipinski definition) is 2. The summed E-state index contributed by atoms with van der Waals surface area (Å²) in [5, 5.41) is 5.18. The molecule has 0 spiro atoms. The van der Waals surface area contributed by atoms with Crippen LogP contribution in [-0.2, 0) is 0 Å². The highest BCUT2D eigenvalue weighted by Crippen LogP contribution is 2.26. The predicted molar refractivity (Wildman–Crippen MR) is 97.3 cm³/mol. The lowest BCUT2D eigenvalue weighted by Gasteiger charge is -2.12. The summed E-state index contributed by atoms with van der Waals surface area (Å²) in [4.78, 5) is 20.6. The number of carbonyl (C=O) groups is 1. The molecular weight excluding hydrogens is 373 g/mol. The maximum atomic E-state index is 13.8. The molecule has 2 N–H and O–H groups in total. The maximum absolute atomic E-state index is 13.8. The van der Waals surface area contributed by atoms with Crippen LogP contribution in [0.15, 0.2) is 42.5 Å². The highest BCUT2D eigenvalue weighted by molar-refractivity contribution is 6.03. The van der Waals surface area contributed by atoms with E-state index >= 15 is 0 Å². The Kier molecular flexibility index (Phi) is 5.44. The van der Waals surface area contributed by atoms with E-state index in [2.05, 4.69) is 20.6 Å². The van der Waals surface area contributed by atoms with Gasteiger partial charge in [-0.15, -0.1) is 0 Å². The van der Waals surface area contributed by atoms with Crippen molar-refractivity contribution in [2.75, 3.05) is 17.7 Å². The largest absolute Gasteiger partial charge is 0.495 e. The number of nitrogens with zero attached hydrogens (tertiary/aromatic N) is 2. The number of hydrogen-bond acceptors (Lipinski definition) is 5. The Labute approximate surface area is 158 Å². The molecule has 0 saturated heterocycles. The maximum Gasteiger partial charge on any atom is 0.274 e. The third-order valence-corrected chi connectivity index (χ3v) is 3.72. The first-order valence-corrected chi connectivity index (χ1v) is 8.09. The molecule has 9 heteroatoms. The van der Waals surface area contributed by atoms with Crippen LogP contribution in [-0.4, -0.2) is 23.0 Å². The van der Waals surface area contributed by atoms with Gasteiger partial charge >= 0.3 is 0 Å². The molecule has 0 aliphatic carbocycles. The smallest absolute Gasteiger partial charge is 0.274 e. The summed E-state index contributed by atoms with van der Waals surface area (Å²) >= 11 is 0. The minimum absolute atomic E-state index is 0.0889. The van der Waals surface area contributed by atoms with E-state index < -0.39 is 29.0 Å². The normalized spacial score (nSPS) is 10.5. The molecule has 3 aromatic rings. The number of aromatic nitrogens is 2. The summed E-state index contributed by atoms with van der Waals surface area (Å²) in [6.07, 6.45) is 0. The standard InChI is InChI=1S/C19H15F3N4O2/c1-10-23-14(19(27)26-13-8-7-11(20)17(21)18(13)22)9-16(24-10)25-12-5-3-4-6-15(12)28-2/h3-9H,1-2H3,(H,26,27)(H,23,24,25). The molecule has 1 amide bonds. The van der Waals surface area contributed by atoms with Crippen LogP contribution < -0.4 is 15.4 Å². The number of methoxy groups -OCH3 is 1. The van der Waals surface area contributed by atoms with E-state index in [1.54, 1.807) is 31.2 Å². The van der Waals surface area contributed by atoms with Crippen molar-refractivity contribution in [3.63, 3.8) is 0 Å². The van der Waals surface area contributed by atoms with Gasteiger partial charge in [-0.3, -0.25) is 4.79 Å². The fourth-order valence-electron chi connectivity index (χ4n) is 2.44. The first kappa shape index (κ1) is 19.2. The summed E-state index contributed by atoms with van der Waals surface area (Å²) in [6.45, 7) is 1.57. The second kappa shape index (κ2) is 7.95. The van der Waals surface area contributed by atoms with Gasteiger partial charge in [0.15, 0.2) is 17.5 Å². The molecular formula is C19H15F3N4O2. The lowest BCUT2D eigenvalue weighted by molar-refractivity contribution is 0.102. The molecule has 0 aliphatic heterocycles. The molecule has 28 heavy (non-hydrogen) atoms. The number of benzene rings is 2. The second-order valence-corrected chi connectivity index (χ2v) is 5.69. The van der Waals surface area contributed by atoms with Crippen LogP contribution in [0.5, 0.6) is 5.75 Å². The van der Waals surface area contributed by atoms with Crippen molar-refractivity contribution in [1.29, 1.82) is 0 Å². The molecule has 0 fully saturated rings. The van der Waals surface area contributed by atoms with Crippen molar-refractivity contribution in [3.05, 3.63) is 71.4 Å². The molecule has 0 unspecified atom stereocenters. The molecule has 3 rings (SSSR count). The Bertz CT molecular complexity index is 1040. The zero-order valence-electron chi connectivity index (χ0n) is 14.9. The van der Waals surface area contributed by atoms with Gasteiger partial charge in [0.1, 0.15) is 23.1 Å². The van der Waals surface area contributed by atoms with Crippen molar-refractivity contribution >= 4 is 23.1 Å². The molecule has 0 aliphatic rings. The number of rotatable bonds is 5. The van der Waals surface area contributed by atoms with E-state index in [0.29, 0.717) is 23.3 Å². The van der Waals surface area contributed by atoms with Crippen LogP contribution in [0.1, 0.15) is 16.3 Å². The number of ether oxygens (including phenoxy) is 1. The number of carbonyl (C=O) groups excluding carboxylic acids is 1. The van der Waals surface area contributed by atoms with Gasteiger partial charge in [-0.25, -0.2) is 23.1 Å². The van der Waals surface area contributed by atoms with Gasteiger partial charge in [0.2, 0.25) is 0 Å². The van der Waals surface area contributed by atoms with Crippen LogP contribution in [0, 0.1) is 24.4 Å². The second-order valence-electron chi connectivity index (χ2n) is 5.69. The van der Waals surface area contributed by atoms with E-state index in [4.69, 9.17) is 4.74 Å². The van der Waals surface area contributed by atoms with Gasteiger partial charge in [0.25, 0.3) is 5.91 Å². The van der Waals surface area contributed by atoms with E-state index in [-0.39, 0.29) is 11.5 Å². The fourth-order valence-corrected chi connectivity index (χ4v) is 2.44. The molecule has 144 valence electrons. The summed E-state index contributed by atoms with van der Waals surface area (Å²) in [5.41, 5.74) is 0.0227. The van der Waals surface area contributed by atoms with Gasteiger partial charge in [0, 0.05) is 6.07 Å². The van der Waals surface area contributed by atoms with Crippen LogP contribution >= 0.6 is 0 Å². The Morgan fingerprint density at radius 3 is 2.50 bits per heavy atom. The molecule has 0 bridgehead atoms. The topological polar surface area (TPSA) is 76.1 Å². The lowest BCUT2D eigenvalue weighted by atomic mass is 10.2. The minimum Gasteiger partial charge on any atom is -0.495 e. The summed E-state index contributed by atoms with van der Waals surface area (Å²) in [6, 6.07) is 10.1. The molecule has 2 aromatic carbocycles. The highest BCUT2D eigenvalue weighted by atomic mass is 19.2. The Morgan fingerprint density at radius 2 is 1.75 bits per heavy atom. The van der Waals surface area contributed by atoms with E-state index in [9.17, 15) is 18.0 Å². The van der Waals surface area contributed by atoms with Crippen molar-refractivity contribution in [1.82, 2.24) is 9.97 Å². The molecule has 0 radical (unpaired) electrons. The molecule has 0 atom stereocenters. The number of anilines is 3. The van der Waals surface area contributed by atoms with Crippen molar-refractivity contribution < 1.29 is 22.7 Å². The zero-order chi connectivity index (χ0) is 20.3. The molecule has 1 aromatic heterocycles. The summed E-state index contributed by atoms with van der Waals surface area (Å²) < 4.78 is 45.4. The van der Waals surface area contributed by atoms with Crippen molar-refractivity contribution in [2.45, 2.75) is 6.92 Å². The lowest BCUT2D eigenvalue weighted by Crippen LogP contribution is -2.17. The minimum atomic E-state index is -1.67. The van der Waals surface area contributed by atoms with Gasteiger partial charge in [-0.05, 0) is 31.2 Å². The fraction of sp³-hybridized carbons (Fsp3) is 0.105. The zero-order valence-corrected chi connectivity index (χ0v) is 14.9. The number of para-hydroxylation sites is 2. The Hall–Kier alpha value is -3.62. The van der Waals surface area contributed by atoms with Crippen molar-refractivity contribution in [2.24, 2.45) is 0 Å². The molecule has 0 saturated carbocycles. The van der Waals surface area contributed by atoms with Crippen LogP contribution in [0.2, 0.25) is 0 Å². The van der Waals surface area contributed by atoms with E-state index in [1.807, 2.05) is 0 Å². The van der Waals surface area contributed by atoms with Gasteiger partial charge < -0.3 is 15.4 Å². The van der Waals surface area contributed by atoms with E-state index in [0.717, 1.165) is 6.07 Å². The Balaban J connectivity index is 1.87.